The second-order valence-corrected chi connectivity index (χ2v) is 7.28. The minimum Gasteiger partial charge on any atom is -0.465 e. The summed E-state index contributed by atoms with van der Waals surface area (Å²) in [4.78, 5) is 25.6. The summed E-state index contributed by atoms with van der Waals surface area (Å²) >= 11 is 5.98. The van der Waals surface area contributed by atoms with E-state index in [0.29, 0.717) is 16.1 Å². The number of ether oxygens (including phenoxy) is 1. The van der Waals surface area contributed by atoms with Gasteiger partial charge < -0.3 is 9.84 Å². The molecule has 0 amide bonds. The second kappa shape index (κ2) is 8.14. The van der Waals surface area contributed by atoms with E-state index in [1.54, 1.807) is 61.5 Å². The molecule has 28 heavy (non-hydrogen) atoms. The summed E-state index contributed by atoms with van der Waals surface area (Å²) in [6, 6.07) is 17.4. The number of nitriles is 1. The lowest BCUT2D eigenvalue weighted by molar-refractivity contribution is -0.161. The summed E-state index contributed by atoms with van der Waals surface area (Å²) in [5.74, 6) is -4.16. The van der Waals surface area contributed by atoms with E-state index in [2.05, 4.69) is 6.07 Å². The quantitative estimate of drug-likeness (QED) is 0.629. The lowest BCUT2D eigenvalue weighted by Gasteiger charge is -2.44. The highest BCUT2D eigenvalue weighted by atomic mass is 35.5. The number of esters is 1. The first kappa shape index (κ1) is 20.1. The van der Waals surface area contributed by atoms with Crippen molar-refractivity contribution in [3.8, 4) is 6.07 Å². The van der Waals surface area contributed by atoms with Crippen molar-refractivity contribution < 1.29 is 19.4 Å². The van der Waals surface area contributed by atoms with Crippen molar-refractivity contribution in [1.82, 2.24) is 0 Å². The standard InChI is InChI=1S/C22H20ClNO4/c1-2-28-21(26)20-18(25)12-22(27,15-6-4-3-5-7-15)17(13-24)19(20)14-8-10-16(23)11-9-14/h3-11,17,19-20,27H,2,12H2,1H3/t17-,19-,20-,22+/m1/s1. The minimum absolute atomic E-state index is 0.121. The highest BCUT2D eigenvalue weighted by molar-refractivity contribution is 6.30. The van der Waals surface area contributed by atoms with Crippen LogP contribution in [-0.4, -0.2) is 23.5 Å². The minimum atomic E-state index is -1.71. The Balaban J connectivity index is 2.16. The van der Waals surface area contributed by atoms with E-state index >= 15 is 0 Å². The van der Waals surface area contributed by atoms with Gasteiger partial charge in [-0.15, -0.1) is 0 Å². The normalized spacial score (nSPS) is 27.1. The van der Waals surface area contributed by atoms with E-state index in [1.165, 1.54) is 0 Å². The summed E-state index contributed by atoms with van der Waals surface area (Å²) < 4.78 is 5.12. The summed E-state index contributed by atoms with van der Waals surface area (Å²) in [5.41, 5.74) is -0.659. The summed E-state index contributed by atoms with van der Waals surface area (Å²) in [6.45, 7) is 1.78. The monoisotopic (exact) mass is 397 g/mol. The zero-order valence-electron chi connectivity index (χ0n) is 15.3. The molecule has 2 aromatic carbocycles. The molecule has 1 aliphatic rings. The molecule has 0 aromatic heterocycles. The van der Waals surface area contributed by atoms with Gasteiger partial charge in [-0.3, -0.25) is 9.59 Å². The van der Waals surface area contributed by atoms with E-state index in [-0.39, 0.29) is 13.0 Å². The number of aliphatic hydroxyl groups is 1. The van der Waals surface area contributed by atoms with E-state index < -0.39 is 35.1 Å². The Kier molecular flexibility index (Phi) is 5.83. The molecular formula is C22H20ClNO4. The lowest BCUT2D eigenvalue weighted by Crippen LogP contribution is -2.51. The zero-order valence-corrected chi connectivity index (χ0v) is 16.1. The molecule has 0 heterocycles. The van der Waals surface area contributed by atoms with Crippen LogP contribution in [0.2, 0.25) is 5.02 Å². The third-order valence-corrected chi connectivity index (χ3v) is 5.48. The van der Waals surface area contributed by atoms with Gasteiger partial charge in [0.2, 0.25) is 0 Å². The van der Waals surface area contributed by atoms with Crippen LogP contribution in [0.5, 0.6) is 0 Å². The molecule has 5 nitrogen and oxygen atoms in total. The van der Waals surface area contributed by atoms with Crippen molar-refractivity contribution in [1.29, 1.82) is 5.26 Å². The Hall–Kier alpha value is -2.68. The van der Waals surface area contributed by atoms with Gasteiger partial charge in [-0.1, -0.05) is 54.1 Å². The van der Waals surface area contributed by atoms with Crippen LogP contribution < -0.4 is 0 Å². The maximum absolute atomic E-state index is 13.0. The number of carbonyl (C=O) groups is 2. The van der Waals surface area contributed by atoms with Gasteiger partial charge in [0.05, 0.1) is 18.6 Å². The fourth-order valence-electron chi connectivity index (χ4n) is 3.95. The average molecular weight is 398 g/mol. The van der Waals surface area contributed by atoms with Crippen molar-refractivity contribution in [2.45, 2.75) is 24.9 Å². The topological polar surface area (TPSA) is 87.4 Å². The molecule has 0 unspecified atom stereocenters. The highest BCUT2D eigenvalue weighted by Crippen LogP contribution is 2.50. The molecule has 1 N–H and O–H groups in total. The van der Waals surface area contributed by atoms with Crippen LogP contribution in [0.3, 0.4) is 0 Å². The number of rotatable bonds is 4. The molecule has 1 aliphatic carbocycles. The van der Waals surface area contributed by atoms with Gasteiger partial charge >= 0.3 is 5.97 Å². The third-order valence-electron chi connectivity index (χ3n) is 5.23. The van der Waals surface area contributed by atoms with Crippen molar-refractivity contribution in [3.05, 3.63) is 70.7 Å². The van der Waals surface area contributed by atoms with Gasteiger partial charge in [0.25, 0.3) is 0 Å². The number of Topliss-reactive ketones (excluding diaryl/α,β-unsaturated/α-hetero) is 1. The van der Waals surface area contributed by atoms with Gasteiger partial charge in [-0.2, -0.15) is 5.26 Å². The molecular weight excluding hydrogens is 378 g/mol. The van der Waals surface area contributed by atoms with Gasteiger partial charge in [-0.25, -0.2) is 0 Å². The molecule has 1 fully saturated rings. The number of benzene rings is 2. The van der Waals surface area contributed by atoms with Gasteiger partial charge in [-0.05, 0) is 30.2 Å². The van der Waals surface area contributed by atoms with Crippen LogP contribution in [0, 0.1) is 23.2 Å². The van der Waals surface area contributed by atoms with Crippen LogP contribution in [0.1, 0.15) is 30.4 Å². The SMILES string of the molecule is CCOC(=O)[C@@H]1C(=O)C[C@](O)(c2ccccc2)[C@H](C#N)[C@H]1c1ccc(Cl)cc1. The fourth-order valence-corrected chi connectivity index (χ4v) is 4.08. The predicted molar refractivity (Wildman–Crippen MR) is 103 cm³/mol. The largest absolute Gasteiger partial charge is 0.465 e. The molecule has 0 aliphatic heterocycles. The second-order valence-electron chi connectivity index (χ2n) is 6.85. The average Bonchev–Trinajstić information content (AvgIpc) is 2.69. The summed E-state index contributed by atoms with van der Waals surface area (Å²) in [7, 11) is 0. The summed E-state index contributed by atoms with van der Waals surface area (Å²) in [6.07, 6.45) is -0.331. The first-order valence-electron chi connectivity index (χ1n) is 9.04. The van der Waals surface area contributed by atoms with Crippen molar-refractivity contribution in [3.63, 3.8) is 0 Å². The fraction of sp³-hybridized carbons (Fsp3) is 0.318. The van der Waals surface area contributed by atoms with Crippen LogP contribution in [0.25, 0.3) is 0 Å². The molecule has 144 valence electrons. The van der Waals surface area contributed by atoms with E-state index in [4.69, 9.17) is 16.3 Å². The molecule has 3 rings (SSSR count). The molecule has 1 saturated carbocycles. The van der Waals surface area contributed by atoms with Crippen molar-refractivity contribution in [2.24, 2.45) is 11.8 Å². The number of nitrogens with zero attached hydrogens (tertiary/aromatic N) is 1. The number of hydrogen-bond acceptors (Lipinski definition) is 5. The summed E-state index contributed by atoms with van der Waals surface area (Å²) in [5, 5.41) is 21.9. The van der Waals surface area contributed by atoms with Gasteiger partial charge in [0.15, 0.2) is 5.78 Å². The first-order valence-corrected chi connectivity index (χ1v) is 9.42. The number of halogens is 1. The van der Waals surface area contributed by atoms with Crippen molar-refractivity contribution in [2.75, 3.05) is 6.61 Å². The van der Waals surface area contributed by atoms with Gasteiger partial charge in [0.1, 0.15) is 11.5 Å². The first-order chi connectivity index (χ1) is 13.4. The number of ketones is 1. The van der Waals surface area contributed by atoms with Crippen LogP contribution in [-0.2, 0) is 19.9 Å². The van der Waals surface area contributed by atoms with E-state index in [0.717, 1.165) is 0 Å². The molecule has 0 saturated heterocycles. The molecule has 0 bridgehead atoms. The Morgan fingerprint density at radius 2 is 1.89 bits per heavy atom. The van der Waals surface area contributed by atoms with E-state index in [1.807, 2.05) is 0 Å². The number of hydrogen-bond donors (Lipinski definition) is 1. The lowest BCUT2D eigenvalue weighted by atomic mass is 9.60. The van der Waals surface area contributed by atoms with Crippen LogP contribution >= 0.6 is 11.6 Å². The molecule has 0 spiro atoms. The zero-order chi connectivity index (χ0) is 20.3. The Morgan fingerprint density at radius 3 is 2.46 bits per heavy atom. The van der Waals surface area contributed by atoms with E-state index in [9.17, 15) is 20.0 Å². The molecule has 4 atom stereocenters. The molecule has 0 radical (unpaired) electrons. The molecule has 6 heteroatoms. The Labute approximate surface area is 168 Å². The van der Waals surface area contributed by atoms with Crippen LogP contribution in [0.15, 0.2) is 54.6 Å². The molecule has 2 aromatic rings. The predicted octanol–water partition coefficient (Wildman–Crippen LogP) is 3.60. The number of carbonyl (C=O) groups excluding carboxylic acids is 2. The maximum Gasteiger partial charge on any atom is 0.317 e. The third kappa shape index (κ3) is 3.54. The Morgan fingerprint density at radius 1 is 1.25 bits per heavy atom. The smallest absolute Gasteiger partial charge is 0.317 e. The Bertz CT molecular complexity index is 906. The van der Waals surface area contributed by atoms with Crippen LogP contribution in [0.4, 0.5) is 0 Å². The highest BCUT2D eigenvalue weighted by Gasteiger charge is 2.56. The maximum atomic E-state index is 13.0. The van der Waals surface area contributed by atoms with Crippen molar-refractivity contribution >= 4 is 23.4 Å². The van der Waals surface area contributed by atoms with Gasteiger partial charge in [0, 0.05) is 17.4 Å².